The Balaban J connectivity index is 1.10. The predicted octanol–water partition coefficient (Wildman–Crippen LogP) is 11.5. The van der Waals surface area contributed by atoms with Crippen LogP contribution in [-0.2, 0) is 5.41 Å². The SMILES string of the molecule is C1=CCC(C2NC(c3cccc4c3oc3ccccc34)NC(n3c4ccccc4c4c5c(ccc43)C(c3ccccc3)(c3ccccc3)c3ccccc3-5)N2)C=C1. The smallest absolute Gasteiger partial charge is 0.142 e. The first-order valence-electron chi connectivity index (χ1n) is 20.1. The number of nitrogens with zero attached hydrogens (tertiary/aromatic N) is 1. The molecule has 4 atom stereocenters. The van der Waals surface area contributed by atoms with E-state index in [0.29, 0.717) is 0 Å². The monoisotopic (exact) mass is 736 g/mol. The lowest BCUT2D eigenvalue weighted by Crippen LogP contribution is -2.62. The Morgan fingerprint density at radius 1 is 0.561 bits per heavy atom. The van der Waals surface area contributed by atoms with E-state index in [1.807, 2.05) is 6.07 Å². The second kappa shape index (κ2) is 12.8. The highest BCUT2D eigenvalue weighted by Crippen LogP contribution is 2.58. The molecule has 3 aliphatic rings. The fourth-order valence-electron chi connectivity index (χ4n) is 10.4. The van der Waals surface area contributed by atoms with E-state index in [1.54, 1.807) is 0 Å². The first-order chi connectivity index (χ1) is 28.3. The van der Waals surface area contributed by atoms with E-state index in [0.717, 1.165) is 33.9 Å². The van der Waals surface area contributed by atoms with Gasteiger partial charge in [-0.2, -0.15) is 0 Å². The summed E-state index contributed by atoms with van der Waals surface area (Å²) < 4.78 is 9.13. The van der Waals surface area contributed by atoms with Crippen molar-refractivity contribution in [3.8, 4) is 11.1 Å². The third-order valence-electron chi connectivity index (χ3n) is 12.7. The van der Waals surface area contributed by atoms with Crippen LogP contribution in [0, 0.1) is 5.92 Å². The van der Waals surface area contributed by atoms with Crippen LogP contribution in [0.15, 0.2) is 193 Å². The van der Waals surface area contributed by atoms with Gasteiger partial charge in [0.15, 0.2) is 0 Å². The van der Waals surface area contributed by atoms with Gasteiger partial charge in [0, 0.05) is 33.0 Å². The Labute approximate surface area is 331 Å². The molecule has 274 valence electrons. The molecular formula is C52H40N4O. The fourth-order valence-corrected chi connectivity index (χ4v) is 10.4. The number of rotatable bonds is 5. The molecule has 5 nitrogen and oxygen atoms in total. The molecule has 0 radical (unpaired) electrons. The van der Waals surface area contributed by atoms with E-state index in [9.17, 15) is 0 Å². The first-order valence-corrected chi connectivity index (χ1v) is 20.1. The van der Waals surface area contributed by atoms with Gasteiger partial charge in [-0.3, -0.25) is 16.0 Å². The summed E-state index contributed by atoms with van der Waals surface area (Å²) in [6.45, 7) is 0. The van der Waals surface area contributed by atoms with Crippen LogP contribution in [-0.4, -0.2) is 10.7 Å². The maximum absolute atomic E-state index is 6.63. The zero-order chi connectivity index (χ0) is 37.5. The van der Waals surface area contributed by atoms with Crippen LogP contribution in [0.4, 0.5) is 0 Å². The molecule has 1 saturated heterocycles. The van der Waals surface area contributed by atoms with Gasteiger partial charge in [-0.1, -0.05) is 170 Å². The zero-order valence-electron chi connectivity index (χ0n) is 31.3. The minimum atomic E-state index is -0.473. The van der Waals surface area contributed by atoms with E-state index in [1.165, 1.54) is 55.2 Å². The van der Waals surface area contributed by atoms with Gasteiger partial charge in [0.25, 0.3) is 0 Å². The summed E-state index contributed by atoms with van der Waals surface area (Å²) in [5.41, 5.74) is 12.6. The van der Waals surface area contributed by atoms with Gasteiger partial charge < -0.3 is 8.98 Å². The molecule has 1 fully saturated rings. The number of furan rings is 1. The van der Waals surface area contributed by atoms with Crippen molar-refractivity contribution < 1.29 is 4.42 Å². The predicted molar refractivity (Wildman–Crippen MR) is 232 cm³/mol. The minimum absolute atomic E-state index is 0.0164. The lowest BCUT2D eigenvalue weighted by atomic mass is 9.67. The third kappa shape index (κ3) is 4.74. The summed E-state index contributed by atoms with van der Waals surface area (Å²) in [4.78, 5) is 0. The Hall–Kier alpha value is -6.50. The van der Waals surface area contributed by atoms with Crippen LogP contribution in [0.3, 0.4) is 0 Å². The standard InChI is InChI=1S/C52H40N4O/c1-4-17-33(18-5-1)49-53-50(40-27-16-26-37-36-23-12-15-30-45(36)57-48(37)40)55-51(54-49)56-43-29-14-11-25-39(43)47-44(56)32-31-42-46(47)38-24-10-13-28-41(38)52(42,34-19-6-2-7-20-34)35-21-8-3-9-22-35/h1-17,19-33,49-51,53-55H,18H2. The molecule has 57 heavy (non-hydrogen) atoms. The van der Waals surface area contributed by atoms with Crippen molar-refractivity contribution in [1.29, 1.82) is 0 Å². The molecule has 4 unspecified atom stereocenters. The van der Waals surface area contributed by atoms with E-state index in [4.69, 9.17) is 4.42 Å². The molecular weight excluding hydrogens is 697 g/mol. The minimum Gasteiger partial charge on any atom is -0.456 e. The summed E-state index contributed by atoms with van der Waals surface area (Å²) in [5, 5.41) is 16.9. The van der Waals surface area contributed by atoms with E-state index >= 15 is 0 Å². The van der Waals surface area contributed by atoms with Gasteiger partial charge in [0.05, 0.1) is 28.8 Å². The molecule has 0 amide bonds. The zero-order valence-corrected chi connectivity index (χ0v) is 31.3. The molecule has 12 rings (SSSR count). The summed E-state index contributed by atoms with van der Waals surface area (Å²) in [7, 11) is 0. The van der Waals surface area contributed by atoms with Crippen LogP contribution in [0.1, 0.15) is 46.7 Å². The molecule has 7 aromatic carbocycles. The topological polar surface area (TPSA) is 54.2 Å². The summed E-state index contributed by atoms with van der Waals surface area (Å²) in [6.07, 6.45) is 9.42. The van der Waals surface area contributed by atoms with Gasteiger partial charge in [-0.05, 0) is 58.0 Å². The lowest BCUT2D eigenvalue weighted by molar-refractivity contribution is 0.135. The summed E-state index contributed by atoms with van der Waals surface area (Å²) in [5.74, 6) is 0.263. The second-order valence-corrected chi connectivity index (χ2v) is 15.6. The van der Waals surface area contributed by atoms with Crippen LogP contribution < -0.4 is 16.0 Å². The molecule has 0 spiro atoms. The van der Waals surface area contributed by atoms with Gasteiger partial charge in [0.1, 0.15) is 17.5 Å². The molecule has 0 bridgehead atoms. The van der Waals surface area contributed by atoms with Crippen molar-refractivity contribution in [3.05, 3.63) is 216 Å². The van der Waals surface area contributed by atoms with Gasteiger partial charge in [0.2, 0.25) is 0 Å². The van der Waals surface area contributed by atoms with Crippen molar-refractivity contribution in [1.82, 2.24) is 20.5 Å². The Morgan fingerprint density at radius 2 is 1.28 bits per heavy atom. The highest BCUT2D eigenvalue weighted by Gasteiger charge is 2.47. The number of nitrogens with one attached hydrogen (secondary N) is 3. The van der Waals surface area contributed by atoms with Crippen LogP contribution in [0.25, 0.3) is 54.9 Å². The van der Waals surface area contributed by atoms with Gasteiger partial charge >= 0.3 is 0 Å². The number of fused-ring (bicyclic) bond motifs is 10. The molecule has 2 aliphatic carbocycles. The van der Waals surface area contributed by atoms with Crippen molar-refractivity contribution >= 4 is 43.7 Å². The molecule has 1 aliphatic heterocycles. The Morgan fingerprint density at radius 3 is 2.09 bits per heavy atom. The van der Waals surface area contributed by atoms with Crippen molar-refractivity contribution in [2.45, 2.75) is 30.5 Å². The lowest BCUT2D eigenvalue weighted by Gasteiger charge is -2.42. The number of benzene rings is 7. The summed E-state index contributed by atoms with van der Waals surface area (Å²) in [6, 6.07) is 59.8. The van der Waals surface area contributed by atoms with Crippen molar-refractivity contribution in [2.24, 2.45) is 5.92 Å². The van der Waals surface area contributed by atoms with Crippen LogP contribution >= 0.6 is 0 Å². The highest BCUT2D eigenvalue weighted by molar-refractivity contribution is 6.17. The maximum Gasteiger partial charge on any atom is 0.142 e. The first kappa shape index (κ1) is 32.7. The maximum atomic E-state index is 6.63. The Kier molecular flexibility index (Phi) is 7.33. The van der Waals surface area contributed by atoms with Crippen molar-refractivity contribution in [2.75, 3.05) is 0 Å². The van der Waals surface area contributed by atoms with Crippen LogP contribution in [0.2, 0.25) is 0 Å². The van der Waals surface area contributed by atoms with E-state index < -0.39 is 5.41 Å². The van der Waals surface area contributed by atoms with Gasteiger partial charge in [-0.15, -0.1) is 0 Å². The molecule has 3 N–H and O–H groups in total. The molecule has 5 heteroatoms. The van der Waals surface area contributed by atoms with E-state index in [-0.39, 0.29) is 24.5 Å². The quantitative estimate of drug-likeness (QED) is 0.165. The average Bonchev–Trinajstić information content (AvgIpc) is 3.94. The molecule has 0 saturated carbocycles. The molecule has 3 heterocycles. The normalized spacial score (nSPS) is 21.1. The van der Waals surface area contributed by atoms with Crippen LogP contribution in [0.5, 0.6) is 0 Å². The Bertz CT molecular complexity index is 3030. The number of aromatic nitrogens is 1. The van der Waals surface area contributed by atoms with E-state index in [2.05, 4.69) is 203 Å². The number of para-hydroxylation sites is 3. The summed E-state index contributed by atoms with van der Waals surface area (Å²) >= 11 is 0. The number of hydrogen-bond donors (Lipinski definition) is 3. The largest absolute Gasteiger partial charge is 0.456 e. The molecule has 2 aromatic heterocycles. The van der Waals surface area contributed by atoms with Crippen molar-refractivity contribution in [3.63, 3.8) is 0 Å². The third-order valence-corrected chi connectivity index (χ3v) is 12.7. The average molecular weight is 737 g/mol. The number of hydrogen-bond acceptors (Lipinski definition) is 4. The second-order valence-electron chi connectivity index (χ2n) is 15.6. The number of allylic oxidation sites excluding steroid dienone is 3. The highest BCUT2D eigenvalue weighted by atomic mass is 16.3. The fraction of sp³-hybridized carbons (Fsp3) is 0.115. The molecule has 9 aromatic rings. The van der Waals surface area contributed by atoms with Gasteiger partial charge in [-0.25, -0.2) is 0 Å².